The Kier molecular flexibility index (Phi) is 4.53. The van der Waals surface area contributed by atoms with Gasteiger partial charge < -0.3 is 0 Å². The van der Waals surface area contributed by atoms with E-state index in [0.717, 1.165) is 12.1 Å². The lowest BCUT2D eigenvalue weighted by Gasteiger charge is -2.11. The summed E-state index contributed by atoms with van der Waals surface area (Å²) in [6.45, 7) is 2.10. The molecule has 1 rings (SSSR count). The topological polar surface area (TPSA) is 35.8 Å². The monoisotopic (exact) mass is 242 g/mol. The van der Waals surface area contributed by atoms with E-state index in [9.17, 15) is 13.2 Å². The third-order valence-electron chi connectivity index (χ3n) is 2.37. The average molecular weight is 242 g/mol. The van der Waals surface area contributed by atoms with Gasteiger partial charge in [0.15, 0.2) is 0 Å². The SMILES string of the molecule is CCC(C#N)NCc1cccc(C(F)(F)F)c1. The molecule has 92 valence electrons. The molecular weight excluding hydrogens is 229 g/mol. The van der Waals surface area contributed by atoms with Crippen molar-refractivity contribution in [3.05, 3.63) is 35.4 Å². The summed E-state index contributed by atoms with van der Waals surface area (Å²) < 4.78 is 37.3. The summed E-state index contributed by atoms with van der Waals surface area (Å²) in [5.74, 6) is 0. The predicted octanol–water partition coefficient (Wildman–Crippen LogP) is 3.10. The van der Waals surface area contributed by atoms with Gasteiger partial charge in [-0.25, -0.2) is 0 Å². The minimum absolute atomic E-state index is 0.260. The summed E-state index contributed by atoms with van der Waals surface area (Å²) in [6, 6.07) is 6.80. The molecular formula is C12H13F3N2. The molecule has 0 spiro atoms. The number of nitrogens with zero attached hydrogens (tertiary/aromatic N) is 1. The maximum absolute atomic E-state index is 12.4. The van der Waals surface area contributed by atoms with Crippen molar-refractivity contribution in [3.63, 3.8) is 0 Å². The van der Waals surface area contributed by atoms with E-state index in [0.29, 0.717) is 12.0 Å². The first-order valence-electron chi connectivity index (χ1n) is 5.26. The Hall–Kier alpha value is -1.54. The van der Waals surface area contributed by atoms with E-state index in [1.807, 2.05) is 13.0 Å². The molecule has 1 aromatic carbocycles. The highest BCUT2D eigenvalue weighted by atomic mass is 19.4. The summed E-state index contributed by atoms with van der Waals surface area (Å²) in [6.07, 6.45) is -3.70. The van der Waals surface area contributed by atoms with Crippen LogP contribution < -0.4 is 5.32 Å². The Morgan fingerprint density at radius 3 is 2.65 bits per heavy atom. The molecule has 0 radical (unpaired) electrons. The molecule has 0 saturated heterocycles. The standard InChI is InChI=1S/C12H13F3N2/c1-2-11(7-16)17-8-9-4-3-5-10(6-9)12(13,14)15/h3-6,11,17H,2,8H2,1H3. The Balaban J connectivity index is 2.70. The van der Waals surface area contributed by atoms with Crippen molar-refractivity contribution in [2.24, 2.45) is 0 Å². The summed E-state index contributed by atoms with van der Waals surface area (Å²) in [5.41, 5.74) is -0.143. The van der Waals surface area contributed by atoms with Crippen molar-refractivity contribution in [2.45, 2.75) is 32.1 Å². The van der Waals surface area contributed by atoms with E-state index in [4.69, 9.17) is 5.26 Å². The summed E-state index contributed by atoms with van der Waals surface area (Å²) in [4.78, 5) is 0. The minimum atomic E-state index is -4.32. The Bertz CT molecular complexity index is 407. The molecule has 2 nitrogen and oxygen atoms in total. The van der Waals surface area contributed by atoms with Crippen LogP contribution in [0.15, 0.2) is 24.3 Å². The van der Waals surface area contributed by atoms with Crippen LogP contribution in [0.2, 0.25) is 0 Å². The number of benzene rings is 1. The lowest BCUT2D eigenvalue weighted by Crippen LogP contribution is -2.26. The fourth-order valence-corrected chi connectivity index (χ4v) is 1.38. The first-order chi connectivity index (χ1) is 7.97. The van der Waals surface area contributed by atoms with Gasteiger partial charge in [0.25, 0.3) is 0 Å². The van der Waals surface area contributed by atoms with Crippen LogP contribution in [0.3, 0.4) is 0 Å². The molecule has 0 heterocycles. The third kappa shape index (κ3) is 4.08. The molecule has 5 heteroatoms. The van der Waals surface area contributed by atoms with Crippen molar-refractivity contribution in [1.82, 2.24) is 5.32 Å². The van der Waals surface area contributed by atoms with Crippen LogP contribution >= 0.6 is 0 Å². The molecule has 1 atom stereocenters. The fourth-order valence-electron chi connectivity index (χ4n) is 1.38. The molecule has 0 fully saturated rings. The molecule has 0 bridgehead atoms. The maximum atomic E-state index is 12.4. The molecule has 0 saturated carbocycles. The van der Waals surface area contributed by atoms with Gasteiger partial charge in [-0.05, 0) is 18.1 Å². The Morgan fingerprint density at radius 1 is 1.41 bits per heavy atom. The van der Waals surface area contributed by atoms with E-state index < -0.39 is 11.7 Å². The number of rotatable bonds is 4. The highest BCUT2D eigenvalue weighted by Crippen LogP contribution is 2.29. The highest BCUT2D eigenvalue weighted by Gasteiger charge is 2.30. The van der Waals surface area contributed by atoms with E-state index >= 15 is 0 Å². The van der Waals surface area contributed by atoms with Crippen LogP contribution in [0.5, 0.6) is 0 Å². The number of halogens is 3. The van der Waals surface area contributed by atoms with Gasteiger partial charge in [-0.2, -0.15) is 18.4 Å². The van der Waals surface area contributed by atoms with E-state index in [-0.39, 0.29) is 12.6 Å². The number of hydrogen-bond donors (Lipinski definition) is 1. The largest absolute Gasteiger partial charge is 0.416 e. The van der Waals surface area contributed by atoms with Gasteiger partial charge in [0, 0.05) is 6.54 Å². The Labute approximate surface area is 98.1 Å². The first-order valence-corrected chi connectivity index (χ1v) is 5.26. The van der Waals surface area contributed by atoms with Crippen LogP contribution in [0.1, 0.15) is 24.5 Å². The van der Waals surface area contributed by atoms with Gasteiger partial charge >= 0.3 is 6.18 Å². The number of hydrogen-bond acceptors (Lipinski definition) is 2. The fraction of sp³-hybridized carbons (Fsp3) is 0.417. The molecule has 0 aliphatic rings. The molecule has 1 unspecified atom stereocenters. The van der Waals surface area contributed by atoms with Crippen LogP contribution in [0.4, 0.5) is 13.2 Å². The van der Waals surface area contributed by atoms with Gasteiger partial charge in [0.1, 0.15) is 0 Å². The summed E-state index contributed by atoms with van der Waals surface area (Å²) in [7, 11) is 0. The molecule has 0 aromatic heterocycles. The lowest BCUT2D eigenvalue weighted by molar-refractivity contribution is -0.137. The molecule has 1 aromatic rings. The van der Waals surface area contributed by atoms with E-state index in [1.165, 1.54) is 6.07 Å². The second-order valence-corrected chi connectivity index (χ2v) is 3.67. The average Bonchev–Trinajstić information content (AvgIpc) is 2.30. The third-order valence-corrected chi connectivity index (χ3v) is 2.37. The van der Waals surface area contributed by atoms with Gasteiger partial charge in [0.2, 0.25) is 0 Å². The van der Waals surface area contributed by atoms with Crippen LogP contribution in [0.25, 0.3) is 0 Å². The quantitative estimate of drug-likeness (QED) is 0.880. The van der Waals surface area contributed by atoms with Crippen molar-refractivity contribution >= 4 is 0 Å². The van der Waals surface area contributed by atoms with E-state index in [2.05, 4.69) is 5.32 Å². The van der Waals surface area contributed by atoms with Crippen LogP contribution in [0, 0.1) is 11.3 Å². The van der Waals surface area contributed by atoms with E-state index in [1.54, 1.807) is 6.07 Å². The molecule has 1 N–H and O–H groups in total. The van der Waals surface area contributed by atoms with Crippen molar-refractivity contribution in [2.75, 3.05) is 0 Å². The van der Waals surface area contributed by atoms with Crippen molar-refractivity contribution in [3.8, 4) is 6.07 Å². The van der Waals surface area contributed by atoms with Crippen LogP contribution in [-0.2, 0) is 12.7 Å². The van der Waals surface area contributed by atoms with Gasteiger partial charge in [-0.15, -0.1) is 0 Å². The summed E-state index contributed by atoms with van der Waals surface area (Å²) >= 11 is 0. The summed E-state index contributed by atoms with van der Waals surface area (Å²) in [5, 5.41) is 11.6. The Morgan fingerprint density at radius 2 is 2.12 bits per heavy atom. The predicted molar refractivity (Wildman–Crippen MR) is 58.0 cm³/mol. The smallest absolute Gasteiger partial charge is 0.298 e. The van der Waals surface area contributed by atoms with Gasteiger partial charge in [0.05, 0.1) is 17.7 Å². The second-order valence-electron chi connectivity index (χ2n) is 3.67. The minimum Gasteiger partial charge on any atom is -0.298 e. The highest BCUT2D eigenvalue weighted by molar-refractivity contribution is 5.25. The number of alkyl halides is 3. The van der Waals surface area contributed by atoms with Crippen molar-refractivity contribution in [1.29, 1.82) is 5.26 Å². The van der Waals surface area contributed by atoms with Gasteiger partial charge in [-0.3, -0.25) is 5.32 Å². The normalized spacial score (nSPS) is 13.1. The molecule has 0 amide bonds. The zero-order valence-electron chi connectivity index (χ0n) is 9.38. The molecule has 0 aliphatic carbocycles. The molecule has 17 heavy (non-hydrogen) atoms. The first kappa shape index (κ1) is 13.5. The number of nitriles is 1. The number of nitrogens with one attached hydrogen (secondary N) is 1. The zero-order chi connectivity index (χ0) is 12.9. The lowest BCUT2D eigenvalue weighted by atomic mass is 10.1. The second kappa shape index (κ2) is 5.69. The van der Waals surface area contributed by atoms with Gasteiger partial charge in [-0.1, -0.05) is 25.1 Å². The van der Waals surface area contributed by atoms with Crippen molar-refractivity contribution < 1.29 is 13.2 Å². The molecule has 0 aliphatic heterocycles. The maximum Gasteiger partial charge on any atom is 0.416 e. The zero-order valence-corrected chi connectivity index (χ0v) is 9.38. The van der Waals surface area contributed by atoms with Crippen LogP contribution in [-0.4, -0.2) is 6.04 Å².